The summed E-state index contributed by atoms with van der Waals surface area (Å²) in [4.78, 5) is 10.3. The lowest BCUT2D eigenvalue weighted by Gasteiger charge is -2.16. The second-order valence-corrected chi connectivity index (χ2v) is 3.53. The second kappa shape index (κ2) is 6.10. The first-order valence-electron chi connectivity index (χ1n) is 5.18. The van der Waals surface area contributed by atoms with Gasteiger partial charge in [0.15, 0.2) is 0 Å². The Kier molecular flexibility index (Phi) is 4.78. The molecule has 0 amide bonds. The normalized spacial score (nSPS) is 11.9. The lowest BCUT2D eigenvalue weighted by Crippen LogP contribution is -2.22. The molecular weight excluding hydrogens is 224 g/mol. The summed E-state index contributed by atoms with van der Waals surface area (Å²) in [6, 6.07) is 4.99. The minimum absolute atomic E-state index is 0.0753. The number of carbonyl (C=O) groups excluding carboxylic acids is 1. The number of hydrogen-bond donors (Lipinski definition) is 1. The lowest BCUT2D eigenvalue weighted by atomic mass is 10.0. The van der Waals surface area contributed by atoms with Gasteiger partial charge in [0.25, 0.3) is 0 Å². The smallest absolute Gasteiger partial charge is 0.124 e. The van der Waals surface area contributed by atoms with Gasteiger partial charge in [0.1, 0.15) is 11.5 Å². The topological polar surface area (TPSA) is 78.8 Å². The highest BCUT2D eigenvalue weighted by atomic mass is 16.5. The predicted molar refractivity (Wildman–Crippen MR) is 58.7 cm³/mol. The number of ether oxygens (including phenoxy) is 2. The van der Waals surface area contributed by atoms with Crippen LogP contribution in [0.15, 0.2) is 18.2 Å². The maximum absolute atomic E-state index is 10.3. The summed E-state index contributed by atoms with van der Waals surface area (Å²) in [7, 11) is 3.00. The minimum Gasteiger partial charge on any atom is -0.550 e. The predicted octanol–water partition coefficient (Wildman–Crippen LogP) is 0.267. The first kappa shape index (κ1) is 13.3. The van der Waals surface area contributed by atoms with Crippen molar-refractivity contribution in [2.45, 2.75) is 18.9 Å². The number of hydrogen-bond acceptors (Lipinski definition) is 5. The monoisotopic (exact) mass is 239 g/mol. The van der Waals surface area contributed by atoms with Gasteiger partial charge in [-0.05, 0) is 31.0 Å². The number of rotatable bonds is 6. The Hall–Kier alpha value is -1.75. The molecule has 0 aromatic heterocycles. The third-order valence-electron chi connectivity index (χ3n) is 2.42. The summed E-state index contributed by atoms with van der Waals surface area (Å²) < 4.78 is 10.1. The highest BCUT2D eigenvalue weighted by Gasteiger charge is 2.14. The Morgan fingerprint density at radius 1 is 1.41 bits per heavy atom. The van der Waals surface area contributed by atoms with Crippen LogP contribution in [-0.2, 0) is 4.79 Å². The highest BCUT2D eigenvalue weighted by molar-refractivity contribution is 5.64. The lowest BCUT2D eigenvalue weighted by molar-refractivity contribution is -0.306. The molecule has 94 valence electrons. The quantitative estimate of drug-likeness (QED) is 0.770. The number of carboxylic acids is 1. The van der Waals surface area contributed by atoms with Gasteiger partial charge in [-0.25, -0.2) is 0 Å². The maximum atomic E-state index is 10.3. The molecule has 0 bridgehead atoms. The van der Waals surface area contributed by atoms with Crippen molar-refractivity contribution in [3.63, 3.8) is 0 Å². The Bertz CT molecular complexity index is 388. The van der Waals surface area contributed by atoms with Crippen LogP contribution in [0.5, 0.6) is 11.5 Å². The van der Waals surface area contributed by atoms with Crippen molar-refractivity contribution in [1.29, 1.82) is 0 Å². The van der Waals surface area contributed by atoms with Crippen LogP contribution in [0.3, 0.4) is 0 Å². The fourth-order valence-electron chi connectivity index (χ4n) is 1.51. The van der Waals surface area contributed by atoms with Crippen LogP contribution in [0.4, 0.5) is 0 Å². The third kappa shape index (κ3) is 3.64. The zero-order valence-corrected chi connectivity index (χ0v) is 9.80. The molecule has 1 rings (SSSR count). The number of methoxy groups -OCH3 is 2. The molecule has 0 aliphatic heterocycles. The molecule has 1 aromatic rings. The molecule has 1 atom stereocenters. The van der Waals surface area contributed by atoms with Gasteiger partial charge < -0.3 is 24.5 Å². The van der Waals surface area contributed by atoms with E-state index in [2.05, 4.69) is 0 Å². The van der Waals surface area contributed by atoms with Gasteiger partial charge in [-0.3, -0.25) is 0 Å². The second-order valence-electron chi connectivity index (χ2n) is 3.53. The fraction of sp³-hybridized carbons (Fsp3) is 0.417. The third-order valence-corrected chi connectivity index (χ3v) is 2.42. The summed E-state index contributed by atoms with van der Waals surface area (Å²) in [6.07, 6.45) is -1.05. The van der Waals surface area contributed by atoms with Crippen LogP contribution < -0.4 is 14.6 Å². The molecule has 0 fully saturated rings. The van der Waals surface area contributed by atoms with E-state index in [-0.39, 0.29) is 12.8 Å². The van der Waals surface area contributed by atoms with Crippen molar-refractivity contribution < 1.29 is 24.5 Å². The van der Waals surface area contributed by atoms with Gasteiger partial charge in [-0.2, -0.15) is 0 Å². The van der Waals surface area contributed by atoms with E-state index in [0.29, 0.717) is 17.1 Å². The summed E-state index contributed by atoms with van der Waals surface area (Å²) in [5, 5.41) is 20.2. The molecule has 0 saturated heterocycles. The van der Waals surface area contributed by atoms with Gasteiger partial charge in [-0.1, -0.05) is 0 Å². The molecule has 1 N–H and O–H groups in total. The van der Waals surface area contributed by atoms with Crippen LogP contribution in [0.2, 0.25) is 0 Å². The van der Waals surface area contributed by atoms with E-state index in [0.717, 1.165) is 0 Å². The van der Waals surface area contributed by atoms with Crippen LogP contribution in [0.25, 0.3) is 0 Å². The van der Waals surface area contributed by atoms with Gasteiger partial charge in [0.05, 0.1) is 20.3 Å². The molecule has 0 spiro atoms. The van der Waals surface area contributed by atoms with Crippen molar-refractivity contribution in [3.8, 4) is 11.5 Å². The van der Waals surface area contributed by atoms with Crippen molar-refractivity contribution >= 4 is 5.97 Å². The molecule has 1 aromatic carbocycles. The Labute approximate surface area is 99.6 Å². The zero-order valence-electron chi connectivity index (χ0n) is 9.80. The van der Waals surface area contributed by atoms with Gasteiger partial charge >= 0.3 is 0 Å². The number of aliphatic hydroxyl groups excluding tert-OH is 1. The highest BCUT2D eigenvalue weighted by Crippen LogP contribution is 2.31. The maximum Gasteiger partial charge on any atom is 0.124 e. The molecule has 0 aliphatic carbocycles. The molecule has 17 heavy (non-hydrogen) atoms. The van der Waals surface area contributed by atoms with Crippen LogP contribution in [0.1, 0.15) is 24.5 Å². The number of benzene rings is 1. The number of aliphatic carboxylic acids is 1. The van der Waals surface area contributed by atoms with E-state index in [4.69, 9.17) is 9.47 Å². The molecule has 0 unspecified atom stereocenters. The summed E-state index contributed by atoms with van der Waals surface area (Å²) in [5.74, 6) is -0.115. The first-order chi connectivity index (χ1) is 8.08. The van der Waals surface area contributed by atoms with Crippen LogP contribution in [0, 0.1) is 0 Å². The van der Waals surface area contributed by atoms with E-state index in [1.165, 1.54) is 14.2 Å². The van der Waals surface area contributed by atoms with Crippen molar-refractivity contribution in [1.82, 2.24) is 0 Å². The fourth-order valence-corrected chi connectivity index (χ4v) is 1.51. The Balaban J connectivity index is 2.88. The summed E-state index contributed by atoms with van der Waals surface area (Å²) >= 11 is 0. The number of aliphatic hydroxyl groups is 1. The SMILES string of the molecule is COc1ccc(OC)c([C@H](O)CCC(=O)[O-])c1. The molecule has 0 heterocycles. The largest absolute Gasteiger partial charge is 0.550 e. The first-order valence-corrected chi connectivity index (χ1v) is 5.18. The van der Waals surface area contributed by atoms with E-state index >= 15 is 0 Å². The minimum atomic E-state index is -1.19. The van der Waals surface area contributed by atoms with Crippen LogP contribution >= 0.6 is 0 Å². The van der Waals surface area contributed by atoms with Gasteiger partial charge in [0, 0.05) is 11.5 Å². The molecule has 5 nitrogen and oxygen atoms in total. The number of carbonyl (C=O) groups is 1. The molecule has 5 heteroatoms. The molecular formula is C12H15O5-. The Morgan fingerprint density at radius 3 is 2.65 bits per heavy atom. The van der Waals surface area contributed by atoms with E-state index in [9.17, 15) is 15.0 Å². The van der Waals surface area contributed by atoms with Crippen LogP contribution in [-0.4, -0.2) is 25.3 Å². The van der Waals surface area contributed by atoms with E-state index in [1.807, 2.05) is 0 Å². The van der Waals surface area contributed by atoms with Gasteiger partial charge in [-0.15, -0.1) is 0 Å². The molecule has 0 aliphatic rings. The molecule has 0 saturated carbocycles. The van der Waals surface area contributed by atoms with Crippen molar-refractivity contribution in [2.24, 2.45) is 0 Å². The standard InChI is InChI=1S/C12H16O5/c1-16-8-3-5-11(17-2)9(7-8)10(13)4-6-12(14)15/h3,5,7,10,13H,4,6H2,1-2H3,(H,14,15)/p-1/t10-/m1/s1. The summed E-state index contributed by atoms with van der Waals surface area (Å²) in [5.41, 5.74) is 0.508. The average molecular weight is 239 g/mol. The van der Waals surface area contributed by atoms with Gasteiger partial charge in [0.2, 0.25) is 0 Å². The van der Waals surface area contributed by atoms with E-state index in [1.54, 1.807) is 18.2 Å². The molecule has 0 radical (unpaired) electrons. The average Bonchev–Trinajstić information content (AvgIpc) is 2.34. The Morgan fingerprint density at radius 2 is 2.12 bits per heavy atom. The van der Waals surface area contributed by atoms with Crippen molar-refractivity contribution in [3.05, 3.63) is 23.8 Å². The van der Waals surface area contributed by atoms with Crippen molar-refractivity contribution in [2.75, 3.05) is 14.2 Å². The number of carboxylic acid groups (broad SMARTS) is 1. The van der Waals surface area contributed by atoms with E-state index < -0.39 is 12.1 Å². The zero-order chi connectivity index (χ0) is 12.8. The summed E-state index contributed by atoms with van der Waals surface area (Å²) in [6.45, 7) is 0.